The normalized spacial score (nSPS) is 18.4. The van der Waals surface area contributed by atoms with Crippen LogP contribution in [0.1, 0.15) is 47.8 Å². The van der Waals surface area contributed by atoms with Crippen molar-refractivity contribution in [2.75, 3.05) is 13.1 Å². The third kappa shape index (κ3) is 3.71. The molecule has 0 radical (unpaired) electrons. The Balaban J connectivity index is 1.56. The number of amides is 1. The number of aryl methyl sites for hydroxylation is 1. The lowest BCUT2D eigenvalue weighted by atomic mass is 10.00. The molecule has 3 heterocycles. The Morgan fingerprint density at radius 2 is 1.93 bits per heavy atom. The third-order valence-corrected chi connectivity index (χ3v) is 5.45. The van der Waals surface area contributed by atoms with Crippen LogP contribution < -0.4 is 0 Å². The number of fused-ring (bicyclic) bond motifs is 1. The molecule has 1 amide bonds. The van der Waals surface area contributed by atoms with Crippen molar-refractivity contribution in [3.05, 3.63) is 65.1 Å². The second-order valence-electron chi connectivity index (χ2n) is 7.52. The first-order valence-electron chi connectivity index (χ1n) is 9.52. The maximum absolute atomic E-state index is 13.4. The number of likely N-dealkylation sites (tertiary alicyclic amines) is 1. The Morgan fingerprint density at radius 1 is 1.21 bits per heavy atom. The van der Waals surface area contributed by atoms with Gasteiger partial charge in [0.25, 0.3) is 0 Å². The molecule has 0 spiro atoms. The van der Waals surface area contributed by atoms with Crippen LogP contribution in [0.5, 0.6) is 0 Å². The van der Waals surface area contributed by atoms with Crippen molar-refractivity contribution in [3.63, 3.8) is 0 Å². The molecule has 152 valence electrons. The summed E-state index contributed by atoms with van der Waals surface area (Å²) in [6.07, 6.45) is -3.85. The number of benzene rings is 1. The highest BCUT2D eigenvalue weighted by atomic mass is 19.4. The smallest absolute Gasteiger partial charge is 0.341 e. The molecule has 0 saturated carbocycles. The standard InChI is InChI=1S/C21H21F3N4O/c1-13-10-18(21(22,23)24)28-19(25-13)11-17(26-28)16-8-9-27(12-16)20(29)14(2)15-6-4-3-5-7-15/h3-7,10-11,14,16H,8-9,12H2,1-2H3/t14-,16+/m1/s1. The van der Waals surface area contributed by atoms with Gasteiger partial charge in [-0.05, 0) is 31.9 Å². The summed E-state index contributed by atoms with van der Waals surface area (Å²) < 4.78 is 40.9. The lowest BCUT2D eigenvalue weighted by molar-refractivity contribution is -0.142. The quantitative estimate of drug-likeness (QED) is 0.661. The Morgan fingerprint density at radius 3 is 2.62 bits per heavy atom. The minimum Gasteiger partial charge on any atom is -0.341 e. The zero-order chi connectivity index (χ0) is 20.8. The summed E-state index contributed by atoms with van der Waals surface area (Å²) in [6.45, 7) is 4.41. The summed E-state index contributed by atoms with van der Waals surface area (Å²) in [5.41, 5.74) is 1.11. The van der Waals surface area contributed by atoms with Crippen molar-refractivity contribution in [1.29, 1.82) is 0 Å². The van der Waals surface area contributed by atoms with Gasteiger partial charge in [0.1, 0.15) is 5.69 Å². The molecule has 1 saturated heterocycles. The van der Waals surface area contributed by atoms with Crippen LogP contribution in [-0.4, -0.2) is 38.5 Å². The van der Waals surface area contributed by atoms with Crippen molar-refractivity contribution < 1.29 is 18.0 Å². The van der Waals surface area contributed by atoms with Gasteiger partial charge in [0, 0.05) is 30.8 Å². The first kappa shape index (κ1) is 19.4. The first-order valence-corrected chi connectivity index (χ1v) is 9.52. The van der Waals surface area contributed by atoms with Gasteiger partial charge in [-0.2, -0.15) is 18.3 Å². The summed E-state index contributed by atoms with van der Waals surface area (Å²) in [5.74, 6) is -0.352. The number of rotatable bonds is 3. The molecule has 8 heteroatoms. The third-order valence-electron chi connectivity index (χ3n) is 5.45. The first-order chi connectivity index (χ1) is 13.7. The lowest BCUT2D eigenvalue weighted by Crippen LogP contribution is -2.32. The van der Waals surface area contributed by atoms with Gasteiger partial charge in [0.15, 0.2) is 5.65 Å². The van der Waals surface area contributed by atoms with Crippen molar-refractivity contribution in [2.24, 2.45) is 0 Å². The number of hydrogen-bond acceptors (Lipinski definition) is 3. The van der Waals surface area contributed by atoms with Crippen LogP contribution in [0.3, 0.4) is 0 Å². The van der Waals surface area contributed by atoms with Gasteiger partial charge in [0.05, 0.1) is 11.6 Å². The molecule has 5 nitrogen and oxygen atoms in total. The summed E-state index contributed by atoms with van der Waals surface area (Å²) in [5, 5.41) is 4.20. The molecule has 0 unspecified atom stereocenters. The van der Waals surface area contributed by atoms with E-state index in [9.17, 15) is 18.0 Å². The lowest BCUT2D eigenvalue weighted by Gasteiger charge is -2.21. The van der Waals surface area contributed by atoms with Gasteiger partial charge < -0.3 is 4.90 Å². The summed E-state index contributed by atoms with van der Waals surface area (Å²) in [6, 6.07) is 12.1. The van der Waals surface area contributed by atoms with Gasteiger partial charge in [-0.1, -0.05) is 30.3 Å². The Labute approximate surface area is 166 Å². The molecule has 2 aromatic heterocycles. The van der Waals surface area contributed by atoms with Crippen molar-refractivity contribution in [3.8, 4) is 0 Å². The topological polar surface area (TPSA) is 50.5 Å². The van der Waals surface area contributed by atoms with Crippen LogP contribution in [-0.2, 0) is 11.0 Å². The van der Waals surface area contributed by atoms with E-state index in [4.69, 9.17) is 0 Å². The van der Waals surface area contributed by atoms with E-state index in [1.54, 1.807) is 11.0 Å². The van der Waals surface area contributed by atoms with E-state index in [0.29, 0.717) is 25.2 Å². The molecule has 1 aromatic carbocycles. The fourth-order valence-corrected chi connectivity index (χ4v) is 3.88. The molecule has 0 N–H and O–H groups in total. The van der Waals surface area contributed by atoms with E-state index in [1.807, 2.05) is 37.3 Å². The zero-order valence-corrected chi connectivity index (χ0v) is 16.1. The van der Waals surface area contributed by atoms with Gasteiger partial charge in [-0.25, -0.2) is 9.50 Å². The number of nitrogens with zero attached hydrogens (tertiary/aromatic N) is 4. The van der Waals surface area contributed by atoms with Gasteiger partial charge >= 0.3 is 6.18 Å². The molecule has 0 bridgehead atoms. The molecule has 0 aliphatic carbocycles. The molecule has 29 heavy (non-hydrogen) atoms. The molecule has 1 fully saturated rings. The van der Waals surface area contributed by atoms with Crippen LogP contribution in [0.15, 0.2) is 42.5 Å². The Kier molecular flexibility index (Phi) is 4.80. The van der Waals surface area contributed by atoms with E-state index < -0.39 is 11.9 Å². The highest BCUT2D eigenvalue weighted by molar-refractivity contribution is 5.83. The fourth-order valence-electron chi connectivity index (χ4n) is 3.88. The number of carbonyl (C=O) groups excluding carboxylic acids is 1. The number of carbonyl (C=O) groups is 1. The minimum atomic E-state index is -4.52. The monoisotopic (exact) mass is 402 g/mol. The van der Waals surface area contributed by atoms with Crippen molar-refractivity contribution in [1.82, 2.24) is 19.5 Å². The summed E-state index contributed by atoms with van der Waals surface area (Å²) in [4.78, 5) is 18.8. The summed E-state index contributed by atoms with van der Waals surface area (Å²) in [7, 11) is 0. The fraction of sp³-hybridized carbons (Fsp3) is 0.381. The highest BCUT2D eigenvalue weighted by Gasteiger charge is 2.36. The zero-order valence-electron chi connectivity index (χ0n) is 16.1. The maximum Gasteiger partial charge on any atom is 0.433 e. The molecular weight excluding hydrogens is 381 g/mol. The molecule has 1 aliphatic heterocycles. The second kappa shape index (κ2) is 7.17. The molecule has 3 aromatic rings. The molecule has 4 rings (SSSR count). The van der Waals surface area contributed by atoms with Crippen LogP contribution >= 0.6 is 0 Å². The van der Waals surface area contributed by atoms with Gasteiger partial charge in [-0.3, -0.25) is 4.79 Å². The van der Waals surface area contributed by atoms with Crippen molar-refractivity contribution >= 4 is 11.6 Å². The minimum absolute atomic E-state index is 0.0208. The average Bonchev–Trinajstić information content (AvgIpc) is 3.33. The van der Waals surface area contributed by atoms with E-state index in [0.717, 1.165) is 16.1 Å². The van der Waals surface area contributed by atoms with Crippen LogP contribution in [0, 0.1) is 6.92 Å². The molecule has 1 aliphatic rings. The number of halogens is 3. The van der Waals surface area contributed by atoms with Crippen molar-refractivity contribution in [2.45, 2.75) is 38.3 Å². The SMILES string of the molecule is Cc1cc(C(F)(F)F)n2nc([C@H]3CCN(C(=O)[C@H](C)c4ccccc4)C3)cc2n1. The number of hydrogen-bond donors (Lipinski definition) is 0. The second-order valence-corrected chi connectivity index (χ2v) is 7.52. The molecular formula is C21H21F3N4O. The van der Waals surface area contributed by atoms with E-state index in [2.05, 4.69) is 10.1 Å². The van der Waals surface area contributed by atoms with Crippen LogP contribution in [0.2, 0.25) is 0 Å². The Bertz CT molecular complexity index is 1050. The van der Waals surface area contributed by atoms with E-state index in [1.165, 1.54) is 6.92 Å². The maximum atomic E-state index is 13.4. The van der Waals surface area contributed by atoms with Crippen LogP contribution in [0.4, 0.5) is 13.2 Å². The van der Waals surface area contributed by atoms with Crippen LogP contribution in [0.25, 0.3) is 5.65 Å². The predicted octanol–water partition coefficient (Wildman–Crippen LogP) is 4.18. The van der Waals surface area contributed by atoms with E-state index in [-0.39, 0.29) is 29.1 Å². The average molecular weight is 402 g/mol. The summed E-state index contributed by atoms with van der Waals surface area (Å²) >= 11 is 0. The Hall–Kier alpha value is -2.90. The largest absolute Gasteiger partial charge is 0.433 e. The van der Waals surface area contributed by atoms with Gasteiger partial charge in [0.2, 0.25) is 5.91 Å². The van der Waals surface area contributed by atoms with E-state index >= 15 is 0 Å². The highest BCUT2D eigenvalue weighted by Crippen LogP contribution is 2.33. The predicted molar refractivity (Wildman–Crippen MR) is 102 cm³/mol. The molecule has 2 atom stereocenters. The van der Waals surface area contributed by atoms with Gasteiger partial charge in [-0.15, -0.1) is 0 Å². The number of alkyl halides is 3. The number of aromatic nitrogens is 3.